The number of carbonyl (C=O) groups excluding carboxylic acids is 1. The molecule has 122 valence electrons. The van der Waals surface area contributed by atoms with Crippen LogP contribution in [-0.2, 0) is 4.79 Å². The number of carbonyl (C=O) groups is 1. The fraction of sp³-hybridized carbons (Fsp3) is 0.250. The summed E-state index contributed by atoms with van der Waals surface area (Å²) in [5.74, 6) is 0.234. The number of hydrogen-bond acceptors (Lipinski definition) is 1. The minimum Gasteiger partial charge on any atom is -0.361 e. The second kappa shape index (κ2) is 6.10. The van der Waals surface area contributed by atoms with Gasteiger partial charge in [-0.1, -0.05) is 45.8 Å². The quantitative estimate of drug-likeness (QED) is 0.683. The lowest BCUT2D eigenvalue weighted by molar-refractivity contribution is -0.129. The van der Waals surface area contributed by atoms with Crippen molar-refractivity contribution in [3.05, 3.63) is 69.8 Å². The van der Waals surface area contributed by atoms with Crippen LogP contribution in [0.25, 0.3) is 10.9 Å². The zero-order valence-electron chi connectivity index (χ0n) is 13.6. The van der Waals surface area contributed by atoms with Gasteiger partial charge in [-0.05, 0) is 37.1 Å². The predicted molar refractivity (Wildman–Crippen MR) is 100.0 cm³/mol. The Bertz CT molecular complexity index is 915. The van der Waals surface area contributed by atoms with Gasteiger partial charge in [-0.2, -0.15) is 0 Å². The first kappa shape index (κ1) is 15.5. The van der Waals surface area contributed by atoms with Crippen molar-refractivity contribution in [1.29, 1.82) is 0 Å². The van der Waals surface area contributed by atoms with Crippen LogP contribution in [0.5, 0.6) is 0 Å². The SMILES string of the molecule is Cc1ccc2[nH]cc(C(c3ccccc3Br)N3CCCC3=O)c2c1. The number of hydrogen-bond donors (Lipinski definition) is 1. The highest BCUT2D eigenvalue weighted by Gasteiger charge is 2.32. The number of benzene rings is 2. The van der Waals surface area contributed by atoms with Crippen molar-refractivity contribution in [2.24, 2.45) is 0 Å². The van der Waals surface area contributed by atoms with Crippen LogP contribution in [0.3, 0.4) is 0 Å². The van der Waals surface area contributed by atoms with E-state index in [1.54, 1.807) is 0 Å². The van der Waals surface area contributed by atoms with Crippen molar-refractivity contribution in [1.82, 2.24) is 9.88 Å². The molecular formula is C20H19BrN2O. The molecule has 1 aromatic heterocycles. The number of aryl methyl sites for hydroxylation is 1. The monoisotopic (exact) mass is 382 g/mol. The Balaban J connectivity index is 1.93. The normalized spacial score (nSPS) is 16.1. The van der Waals surface area contributed by atoms with Gasteiger partial charge in [-0.15, -0.1) is 0 Å². The van der Waals surface area contributed by atoms with Gasteiger partial charge in [0.1, 0.15) is 0 Å². The molecule has 24 heavy (non-hydrogen) atoms. The van der Waals surface area contributed by atoms with Crippen LogP contribution >= 0.6 is 15.9 Å². The Hall–Kier alpha value is -2.07. The lowest BCUT2D eigenvalue weighted by Crippen LogP contribution is -2.30. The van der Waals surface area contributed by atoms with Crippen molar-refractivity contribution in [3.8, 4) is 0 Å². The number of halogens is 1. The highest BCUT2D eigenvalue weighted by molar-refractivity contribution is 9.10. The van der Waals surface area contributed by atoms with Gasteiger partial charge in [-0.25, -0.2) is 0 Å². The highest BCUT2D eigenvalue weighted by Crippen LogP contribution is 2.39. The number of nitrogens with one attached hydrogen (secondary N) is 1. The Labute approximate surface area is 149 Å². The van der Waals surface area contributed by atoms with Crippen molar-refractivity contribution < 1.29 is 4.79 Å². The Kier molecular flexibility index (Phi) is 3.93. The molecule has 1 amide bonds. The molecule has 0 bridgehead atoms. The van der Waals surface area contributed by atoms with E-state index in [1.807, 2.05) is 23.1 Å². The Morgan fingerprint density at radius 3 is 2.75 bits per heavy atom. The molecule has 1 N–H and O–H groups in total. The summed E-state index contributed by atoms with van der Waals surface area (Å²) in [6.45, 7) is 2.91. The number of likely N-dealkylation sites (tertiary alicyclic amines) is 1. The van der Waals surface area contributed by atoms with Crippen LogP contribution in [0.15, 0.2) is 53.1 Å². The average molecular weight is 383 g/mol. The van der Waals surface area contributed by atoms with Crippen molar-refractivity contribution in [2.45, 2.75) is 25.8 Å². The summed E-state index contributed by atoms with van der Waals surface area (Å²) in [6.07, 6.45) is 3.63. The van der Waals surface area contributed by atoms with Crippen LogP contribution < -0.4 is 0 Å². The third-order valence-electron chi connectivity index (χ3n) is 4.79. The average Bonchev–Trinajstić information content (AvgIpc) is 3.17. The van der Waals surface area contributed by atoms with Crippen molar-refractivity contribution >= 4 is 32.7 Å². The summed E-state index contributed by atoms with van der Waals surface area (Å²) >= 11 is 3.68. The Morgan fingerprint density at radius 1 is 1.17 bits per heavy atom. The minimum atomic E-state index is -0.0638. The maximum Gasteiger partial charge on any atom is 0.223 e. The standard InChI is InChI=1S/C20H19BrN2O/c1-13-8-9-18-15(11-13)16(12-22-18)20(23-10-4-7-19(23)24)14-5-2-3-6-17(14)21/h2-3,5-6,8-9,11-12,20,22H,4,7,10H2,1H3. The van der Waals surface area contributed by atoms with Gasteiger partial charge >= 0.3 is 0 Å². The molecule has 0 saturated carbocycles. The maximum atomic E-state index is 12.5. The van der Waals surface area contributed by atoms with E-state index in [0.717, 1.165) is 34.1 Å². The second-order valence-electron chi connectivity index (χ2n) is 6.41. The topological polar surface area (TPSA) is 36.1 Å². The molecule has 2 aromatic carbocycles. The predicted octanol–water partition coefficient (Wildman–Crippen LogP) is 4.95. The highest BCUT2D eigenvalue weighted by atomic mass is 79.9. The summed E-state index contributed by atoms with van der Waals surface area (Å²) in [6, 6.07) is 14.5. The summed E-state index contributed by atoms with van der Waals surface area (Å²) in [5, 5.41) is 1.19. The van der Waals surface area contributed by atoms with E-state index >= 15 is 0 Å². The van der Waals surface area contributed by atoms with Crippen molar-refractivity contribution in [2.75, 3.05) is 6.54 Å². The molecule has 2 heterocycles. The zero-order valence-corrected chi connectivity index (χ0v) is 15.1. The number of nitrogens with zero attached hydrogens (tertiary/aromatic N) is 1. The number of amides is 1. The lowest BCUT2D eigenvalue weighted by Gasteiger charge is -2.29. The first-order chi connectivity index (χ1) is 11.6. The smallest absolute Gasteiger partial charge is 0.223 e. The summed E-state index contributed by atoms with van der Waals surface area (Å²) in [4.78, 5) is 17.9. The number of rotatable bonds is 3. The van der Waals surface area contributed by atoms with Gasteiger partial charge in [0.2, 0.25) is 5.91 Å². The fourth-order valence-corrected chi connectivity index (χ4v) is 4.13. The van der Waals surface area contributed by atoms with E-state index in [1.165, 1.54) is 10.9 Å². The fourth-order valence-electron chi connectivity index (χ4n) is 3.62. The van der Waals surface area contributed by atoms with E-state index < -0.39 is 0 Å². The molecule has 3 nitrogen and oxygen atoms in total. The molecule has 1 aliphatic rings. The summed E-state index contributed by atoms with van der Waals surface area (Å²) in [5.41, 5.74) is 4.63. The molecule has 1 aliphatic heterocycles. The molecule has 0 radical (unpaired) electrons. The first-order valence-corrected chi connectivity index (χ1v) is 9.06. The molecule has 1 fully saturated rings. The zero-order chi connectivity index (χ0) is 16.7. The van der Waals surface area contributed by atoms with E-state index in [2.05, 4.69) is 58.3 Å². The lowest BCUT2D eigenvalue weighted by atomic mass is 9.96. The van der Waals surface area contributed by atoms with Crippen LogP contribution in [0.4, 0.5) is 0 Å². The van der Waals surface area contributed by atoms with Gasteiger partial charge < -0.3 is 9.88 Å². The third kappa shape index (κ3) is 2.55. The molecular weight excluding hydrogens is 364 g/mol. The molecule has 3 aromatic rings. The van der Waals surface area contributed by atoms with Gasteiger partial charge in [0.15, 0.2) is 0 Å². The number of H-pyrrole nitrogens is 1. The van der Waals surface area contributed by atoms with E-state index in [-0.39, 0.29) is 11.9 Å². The van der Waals surface area contributed by atoms with E-state index in [9.17, 15) is 4.79 Å². The van der Waals surface area contributed by atoms with Gasteiger partial charge in [0, 0.05) is 40.1 Å². The second-order valence-corrected chi connectivity index (χ2v) is 7.26. The van der Waals surface area contributed by atoms with Crippen molar-refractivity contribution in [3.63, 3.8) is 0 Å². The van der Waals surface area contributed by atoms with E-state index in [4.69, 9.17) is 0 Å². The van der Waals surface area contributed by atoms with Gasteiger partial charge in [0.25, 0.3) is 0 Å². The first-order valence-electron chi connectivity index (χ1n) is 8.26. The molecule has 0 spiro atoms. The summed E-state index contributed by atoms with van der Waals surface area (Å²) < 4.78 is 1.04. The van der Waals surface area contributed by atoms with Crippen LogP contribution in [-0.4, -0.2) is 22.3 Å². The Morgan fingerprint density at radius 2 is 2.00 bits per heavy atom. The van der Waals surface area contributed by atoms with Gasteiger partial charge in [0.05, 0.1) is 6.04 Å². The largest absolute Gasteiger partial charge is 0.361 e. The maximum absolute atomic E-state index is 12.5. The van der Waals surface area contributed by atoms with Crippen LogP contribution in [0.1, 0.15) is 35.6 Å². The minimum absolute atomic E-state index is 0.0638. The molecule has 1 unspecified atom stereocenters. The molecule has 4 rings (SSSR count). The summed E-state index contributed by atoms with van der Waals surface area (Å²) in [7, 11) is 0. The van der Waals surface area contributed by atoms with Crippen LogP contribution in [0, 0.1) is 6.92 Å². The number of fused-ring (bicyclic) bond motifs is 1. The molecule has 0 aliphatic carbocycles. The number of aromatic amines is 1. The molecule has 1 atom stereocenters. The molecule has 1 saturated heterocycles. The molecule has 4 heteroatoms. The number of aromatic nitrogens is 1. The van der Waals surface area contributed by atoms with Crippen LogP contribution in [0.2, 0.25) is 0 Å². The van der Waals surface area contributed by atoms with Gasteiger partial charge in [-0.3, -0.25) is 4.79 Å². The van der Waals surface area contributed by atoms with E-state index in [0.29, 0.717) is 6.42 Å². The third-order valence-corrected chi connectivity index (χ3v) is 5.51.